The van der Waals surface area contributed by atoms with Crippen LogP contribution in [0.25, 0.3) is 0 Å². The van der Waals surface area contributed by atoms with Gasteiger partial charge in [0.25, 0.3) is 0 Å². The van der Waals surface area contributed by atoms with Crippen molar-refractivity contribution < 1.29 is 124 Å². The molecule has 0 saturated carbocycles. The van der Waals surface area contributed by atoms with Crippen LogP contribution < -0.4 is 90.5 Å². The quantitative estimate of drug-likeness (QED) is 0.00463. The van der Waals surface area contributed by atoms with E-state index in [1.807, 2.05) is 0 Å². The minimum atomic E-state index is -1.50. The van der Waals surface area contributed by atoms with E-state index >= 15 is 0 Å². The fourth-order valence-corrected chi connectivity index (χ4v) is 10.5. The Morgan fingerprint density at radius 2 is 0.775 bits per heavy atom. The van der Waals surface area contributed by atoms with Crippen LogP contribution >= 0.6 is 0 Å². The molecule has 0 bridgehead atoms. The number of ether oxygens (including phenoxy) is 8. The Labute approximate surface area is 624 Å². The average molecular weight is 1590 g/mol. The number of aromatic nitrogens is 10. The first kappa shape index (κ1) is 89.6. The van der Waals surface area contributed by atoms with Crippen molar-refractivity contribution in [3.05, 3.63) is 109 Å². The number of imidazole rings is 1. The summed E-state index contributed by atoms with van der Waals surface area (Å²) in [5.41, 5.74) is 47.7. The Kier molecular flexibility index (Phi) is 35.0. The maximum absolute atomic E-state index is 12.0. The summed E-state index contributed by atoms with van der Waals surface area (Å²) in [7, 11) is 0. The Hall–Kier alpha value is -10.3. The minimum Gasteiger partial charge on any atom is -0.462 e. The minimum absolute atomic E-state index is 0.000200. The topological polar surface area (TPSA) is 839 Å². The highest BCUT2D eigenvalue weighted by molar-refractivity contribution is 5.78. The van der Waals surface area contributed by atoms with E-state index in [-0.39, 0.29) is 74.7 Å². The van der Waals surface area contributed by atoms with Gasteiger partial charge in [0.15, 0.2) is 54.1 Å². The molecule has 9 heterocycles. The number of H-pyrrole nitrogens is 1. The largest absolute Gasteiger partial charge is 0.462 e. The maximum atomic E-state index is 12.0. The zero-order chi connectivity index (χ0) is 81.9. The van der Waals surface area contributed by atoms with Crippen molar-refractivity contribution in [1.82, 2.24) is 48.2 Å². The van der Waals surface area contributed by atoms with Gasteiger partial charge in [-0.1, -0.05) is 6.42 Å². The number of hydrogen-bond acceptors (Lipinski definition) is 44. The third-order valence-electron chi connectivity index (χ3n) is 16.6. The van der Waals surface area contributed by atoms with E-state index in [1.165, 1.54) is 61.6 Å². The van der Waals surface area contributed by atoms with Gasteiger partial charge in [0.1, 0.15) is 124 Å². The average Bonchev–Trinajstić information content (AvgIpc) is 1.68. The number of amides is 1. The molecule has 4 aliphatic rings. The number of nitrogens with two attached hydrogens (primary N) is 8. The van der Waals surface area contributed by atoms with Crippen molar-refractivity contribution in [3.8, 4) is 0 Å². The summed E-state index contributed by atoms with van der Waals surface area (Å²) in [6, 6.07) is 1.28. The Bertz CT molecular complexity index is 4080. The predicted molar refractivity (Wildman–Crippen MR) is 369 cm³/mol. The molecule has 4 fully saturated rings. The summed E-state index contributed by atoms with van der Waals surface area (Å²) in [4.78, 5) is 131. The van der Waals surface area contributed by atoms with Crippen LogP contribution in [0.4, 0.5) is 23.3 Å². The zero-order valence-corrected chi connectivity index (χ0v) is 58.6. The summed E-state index contributed by atoms with van der Waals surface area (Å²) in [5.74, 6) is -3.98. The second-order valence-corrected chi connectivity index (χ2v) is 24.6. The number of guanidine groups is 1. The molecule has 0 unspecified atom stereocenters. The molecule has 4 saturated heterocycles. The molecule has 0 aromatic carbocycles. The van der Waals surface area contributed by atoms with Crippen LogP contribution in [0, 0.1) is 0 Å². The van der Waals surface area contributed by atoms with Gasteiger partial charge < -0.3 is 130 Å². The van der Waals surface area contributed by atoms with Crippen molar-refractivity contribution in [2.24, 2.45) is 50.9 Å². The molecule has 0 spiro atoms. The van der Waals surface area contributed by atoms with Crippen molar-refractivity contribution in [2.75, 3.05) is 61.4 Å². The number of rotatable bonds is 33. The van der Waals surface area contributed by atoms with E-state index in [4.69, 9.17) is 105 Å². The molecule has 0 radical (unpaired) electrons. The SMILES string of the molecule is NC(=O)CC[C@H](N)C(=O)OC[C@H]1O[C@@H](n2ccc(NO)nc2=O)[C@H](O)[C@@H]1O.NC(N)=NCCC[C@H](N)C(=O)OC[C@H]1O[C@@H](n2ccc(NO)nc2=O)[C@H](O)[C@@H]1O.NCCCC[C@H](N)C(=O)OC[C@H]1O[C@@H](n2ccc(NO)nc2=O)[C@H](O)[C@@H]1O.N[C@@H](Cc1cnc[nH]1)C(=O)OC[C@H]1O[C@@H](n2ccc(NO)nc2=O)[C@H](O)[C@@H]1O. The van der Waals surface area contributed by atoms with Gasteiger partial charge in [-0.05, 0) is 62.9 Å². The number of aromatic amines is 1. The zero-order valence-electron chi connectivity index (χ0n) is 58.6. The number of primary amides is 1. The standard InChI is InChI=1S/C15H25N7O7.C15H20N6O7.C15H25N5O7.C14H21N5O8/c16-7(2-1-4-19-14(17)18)13(25)28-6-8-10(23)11(24)12(29-8)22-5-3-9(21-27)20-15(22)26;16-8(3-7-4-17-6-18-7)14(24)27-5-9-11(22)12(23)13(28-9)21-2-1-10(20-26)19-15(21)25;16-5-2-1-3-8(17)14(23)26-7-9-11(21)12(22)13(27-9)20-6-4-10(19-25)18-15(20)24;15-6(1-2-8(16)20)13(23)26-5-7-10(21)11(22)12(27-7)19-4-3-9(18-25)17-14(19)24/h3,5,7-8,10-12,23-24,27H,1-2,4,6,16H2,(H4,17,18,19)(H,20,21,26);1-2,4,6,8-9,11-13,22-23,26H,3,5,16H2,(H,17,18)(H,19,20,25);4,6,8-9,11-13,21-22,25H,1-3,5,7,16-17H2,(H,18,19,24);3-4,6-7,10-12,21-22,25H,1-2,5,15H2,(H2,16,20)(H,17,18,24)/t7-,8+,10+,11+,12+;2*8-,9+,11+,12+,13+;6-,7+,10+,11+,12+/m0000/s1. The molecular formula is C59H91N23O29. The highest BCUT2D eigenvalue weighted by atomic mass is 16.6. The van der Waals surface area contributed by atoms with Gasteiger partial charge in [0.05, 0.1) is 6.33 Å². The lowest BCUT2D eigenvalue weighted by Crippen LogP contribution is -2.39. The van der Waals surface area contributed by atoms with Crippen LogP contribution in [0.1, 0.15) is 75.6 Å². The number of aliphatic hydroxyl groups is 8. The van der Waals surface area contributed by atoms with Crippen LogP contribution in [0.5, 0.6) is 0 Å². The van der Waals surface area contributed by atoms with E-state index < -0.39 is 181 Å². The summed E-state index contributed by atoms with van der Waals surface area (Å²) >= 11 is 0. The van der Waals surface area contributed by atoms with Gasteiger partial charge in [-0.3, -0.25) is 90.0 Å². The molecule has 33 N–H and O–H groups in total. The van der Waals surface area contributed by atoms with Crippen molar-refractivity contribution >= 4 is 59.0 Å². The lowest BCUT2D eigenvalue weighted by Gasteiger charge is -2.17. The van der Waals surface area contributed by atoms with E-state index in [0.29, 0.717) is 38.0 Å². The molecule has 52 heteroatoms. The lowest BCUT2D eigenvalue weighted by molar-refractivity contribution is -0.152. The number of anilines is 4. The van der Waals surface area contributed by atoms with E-state index in [0.717, 1.165) is 24.7 Å². The first-order valence-corrected chi connectivity index (χ1v) is 33.5. The number of nitrogens with zero attached hydrogens (tertiary/aromatic N) is 10. The number of esters is 4. The number of aliphatic hydroxyl groups excluding tert-OH is 8. The van der Waals surface area contributed by atoms with E-state index in [9.17, 15) is 84.0 Å². The summed E-state index contributed by atoms with van der Waals surface area (Å²) < 4.78 is 45.6. The second-order valence-electron chi connectivity index (χ2n) is 24.6. The number of aliphatic imine (C=N–C) groups is 1. The van der Waals surface area contributed by atoms with Crippen LogP contribution in [0.3, 0.4) is 0 Å². The van der Waals surface area contributed by atoms with Crippen molar-refractivity contribution in [3.63, 3.8) is 0 Å². The fourth-order valence-electron chi connectivity index (χ4n) is 10.5. The maximum Gasteiger partial charge on any atom is 0.351 e. The molecule has 5 aromatic heterocycles. The summed E-state index contributed by atoms with van der Waals surface area (Å²) in [5, 5.41) is 116. The lowest BCUT2D eigenvalue weighted by atomic mass is 10.1. The first-order valence-electron chi connectivity index (χ1n) is 33.5. The fraction of sp³-hybridized carbons (Fsp3) is 0.576. The van der Waals surface area contributed by atoms with Crippen LogP contribution in [-0.2, 0) is 68.3 Å². The van der Waals surface area contributed by atoms with Gasteiger partial charge in [0.2, 0.25) is 5.91 Å². The molecular weight excluding hydrogens is 1490 g/mol. The Morgan fingerprint density at radius 3 is 1.05 bits per heavy atom. The highest BCUT2D eigenvalue weighted by Crippen LogP contribution is 2.33. The van der Waals surface area contributed by atoms with Crippen molar-refractivity contribution in [1.29, 1.82) is 0 Å². The van der Waals surface area contributed by atoms with Gasteiger partial charge in [-0.25, -0.2) is 24.2 Å². The van der Waals surface area contributed by atoms with E-state index in [2.05, 4.69) is 34.9 Å². The highest BCUT2D eigenvalue weighted by Gasteiger charge is 2.49. The number of unbranched alkanes of at least 4 members (excludes halogenated alkanes) is 1. The number of hydrogen-bond donors (Lipinski definition) is 25. The molecule has 52 nitrogen and oxygen atoms in total. The normalized spacial score (nSPS) is 25.5. The monoisotopic (exact) mass is 1590 g/mol. The van der Waals surface area contributed by atoms with Crippen LogP contribution in [0.15, 0.2) is 85.7 Å². The third kappa shape index (κ3) is 25.4. The van der Waals surface area contributed by atoms with Gasteiger partial charge in [0, 0.05) is 56.1 Å². The predicted octanol–water partition coefficient (Wildman–Crippen LogP) is -11.4. The van der Waals surface area contributed by atoms with Gasteiger partial charge in [-0.2, -0.15) is 19.9 Å². The summed E-state index contributed by atoms with van der Waals surface area (Å²) in [6.45, 7) is -0.703. The molecule has 5 aromatic rings. The molecule has 4 aliphatic heterocycles. The molecule has 9 rings (SSSR count). The molecule has 1 amide bonds. The number of nitrogens with one attached hydrogen (secondary N) is 5. The second kappa shape index (κ2) is 43.3. The van der Waals surface area contributed by atoms with Crippen LogP contribution in [0.2, 0.25) is 0 Å². The Balaban J connectivity index is 0.000000231. The molecule has 0 aliphatic carbocycles. The van der Waals surface area contributed by atoms with Crippen LogP contribution in [-0.4, -0.2) is 283 Å². The van der Waals surface area contributed by atoms with Gasteiger partial charge >= 0.3 is 46.6 Å². The van der Waals surface area contributed by atoms with Crippen molar-refractivity contribution in [2.45, 2.75) is 174 Å². The smallest absolute Gasteiger partial charge is 0.351 e. The molecule has 111 heavy (non-hydrogen) atoms. The van der Waals surface area contributed by atoms with Gasteiger partial charge in [-0.15, -0.1) is 0 Å². The first-order chi connectivity index (χ1) is 52.8. The molecule has 616 valence electrons. The number of carbonyl (C=O) groups is 5. The Morgan fingerprint density at radius 1 is 0.468 bits per heavy atom. The third-order valence-corrected chi connectivity index (χ3v) is 16.6. The summed E-state index contributed by atoms with van der Waals surface area (Å²) in [6.07, 6.45) is -10.4. The number of carbonyl (C=O) groups excluding carboxylic acids is 5. The molecule has 20 atom stereocenters. The van der Waals surface area contributed by atoms with E-state index in [1.54, 1.807) is 21.9 Å².